The van der Waals surface area contributed by atoms with E-state index in [9.17, 15) is 4.79 Å². The van der Waals surface area contributed by atoms with Gasteiger partial charge in [0, 0.05) is 33.2 Å². The molecule has 0 atom stereocenters. The van der Waals surface area contributed by atoms with Gasteiger partial charge in [0.05, 0.1) is 13.2 Å². The topological polar surface area (TPSA) is 38.8 Å². The Hall–Kier alpha value is -0.610. The highest BCUT2D eigenvalue weighted by Crippen LogP contribution is 2.01. The van der Waals surface area contributed by atoms with Crippen molar-refractivity contribution in [3.8, 4) is 0 Å². The molecule has 0 spiro atoms. The Balaban J connectivity index is 2.13. The fourth-order valence-corrected chi connectivity index (χ4v) is 1.34. The minimum Gasteiger partial charge on any atom is -0.385 e. The third kappa shape index (κ3) is 3.74. The second-order valence-electron chi connectivity index (χ2n) is 3.09. The van der Waals surface area contributed by atoms with Crippen molar-refractivity contribution in [2.75, 3.05) is 40.0 Å². The van der Waals surface area contributed by atoms with Gasteiger partial charge in [-0.05, 0) is 6.42 Å². The van der Waals surface area contributed by atoms with Crippen LogP contribution in [-0.2, 0) is 14.3 Å². The molecule has 0 aliphatic carbocycles. The molecule has 1 aliphatic heterocycles. The molecule has 4 nitrogen and oxygen atoms in total. The fraction of sp³-hybridized carbons (Fsp3) is 0.889. The summed E-state index contributed by atoms with van der Waals surface area (Å²) in [6, 6.07) is 0. The van der Waals surface area contributed by atoms with E-state index in [4.69, 9.17) is 9.47 Å². The molecule has 1 fully saturated rings. The minimum atomic E-state index is 0.223. The van der Waals surface area contributed by atoms with Crippen molar-refractivity contribution < 1.29 is 14.3 Å². The Morgan fingerprint density at radius 1 is 1.46 bits per heavy atom. The summed E-state index contributed by atoms with van der Waals surface area (Å²) in [6.07, 6.45) is 1.40. The van der Waals surface area contributed by atoms with Gasteiger partial charge in [-0.1, -0.05) is 0 Å². The smallest absolute Gasteiger partial charge is 0.222 e. The van der Waals surface area contributed by atoms with E-state index in [1.165, 1.54) is 0 Å². The molecule has 1 aliphatic rings. The van der Waals surface area contributed by atoms with Gasteiger partial charge in [0.25, 0.3) is 0 Å². The van der Waals surface area contributed by atoms with Crippen LogP contribution in [-0.4, -0.2) is 50.8 Å². The van der Waals surface area contributed by atoms with Crippen LogP contribution < -0.4 is 0 Å². The van der Waals surface area contributed by atoms with Crippen molar-refractivity contribution in [3.05, 3.63) is 0 Å². The molecule has 1 saturated heterocycles. The first-order valence-corrected chi connectivity index (χ1v) is 4.69. The zero-order valence-corrected chi connectivity index (χ0v) is 8.12. The first-order chi connectivity index (χ1) is 6.34. The SMILES string of the molecule is COCCCC(=O)N1CCOCC1. The summed E-state index contributed by atoms with van der Waals surface area (Å²) in [5.74, 6) is 0.223. The lowest BCUT2D eigenvalue weighted by Gasteiger charge is -2.26. The number of amides is 1. The zero-order valence-electron chi connectivity index (χ0n) is 8.12. The van der Waals surface area contributed by atoms with Crippen molar-refractivity contribution in [2.24, 2.45) is 0 Å². The van der Waals surface area contributed by atoms with E-state index < -0.39 is 0 Å². The van der Waals surface area contributed by atoms with Gasteiger partial charge in [-0.25, -0.2) is 0 Å². The highest BCUT2D eigenvalue weighted by molar-refractivity contribution is 5.76. The predicted octanol–water partition coefficient (Wildman–Crippen LogP) is 0.272. The van der Waals surface area contributed by atoms with Crippen molar-refractivity contribution >= 4 is 5.91 Å². The zero-order chi connectivity index (χ0) is 9.52. The van der Waals surface area contributed by atoms with Gasteiger partial charge in [-0.3, -0.25) is 4.79 Å². The summed E-state index contributed by atoms with van der Waals surface area (Å²) in [5, 5.41) is 0. The number of methoxy groups -OCH3 is 1. The van der Waals surface area contributed by atoms with E-state index in [2.05, 4.69) is 0 Å². The van der Waals surface area contributed by atoms with Crippen molar-refractivity contribution in [2.45, 2.75) is 12.8 Å². The minimum absolute atomic E-state index is 0.223. The van der Waals surface area contributed by atoms with Crippen molar-refractivity contribution in [3.63, 3.8) is 0 Å². The summed E-state index contributed by atoms with van der Waals surface area (Å²) in [6.45, 7) is 3.50. The van der Waals surface area contributed by atoms with E-state index >= 15 is 0 Å². The van der Waals surface area contributed by atoms with Gasteiger partial charge in [-0.2, -0.15) is 0 Å². The molecule has 0 N–H and O–H groups in total. The van der Waals surface area contributed by atoms with E-state index in [1.54, 1.807) is 7.11 Å². The number of rotatable bonds is 4. The van der Waals surface area contributed by atoms with Crippen LogP contribution in [0.3, 0.4) is 0 Å². The number of carbonyl (C=O) groups excluding carboxylic acids is 1. The Kier molecular flexibility index (Phi) is 4.78. The molecule has 0 aromatic heterocycles. The van der Waals surface area contributed by atoms with Gasteiger partial charge >= 0.3 is 0 Å². The average molecular weight is 187 g/mol. The van der Waals surface area contributed by atoms with Gasteiger partial charge in [-0.15, -0.1) is 0 Å². The maximum absolute atomic E-state index is 11.5. The van der Waals surface area contributed by atoms with Crippen LogP contribution >= 0.6 is 0 Å². The quantitative estimate of drug-likeness (QED) is 0.593. The largest absolute Gasteiger partial charge is 0.385 e. The predicted molar refractivity (Wildman–Crippen MR) is 48.5 cm³/mol. The lowest BCUT2D eigenvalue weighted by molar-refractivity contribution is -0.135. The molecular formula is C9H17NO3. The molecule has 1 heterocycles. The van der Waals surface area contributed by atoms with Crippen LogP contribution in [0.15, 0.2) is 0 Å². The standard InChI is InChI=1S/C9H17NO3/c1-12-6-2-3-9(11)10-4-7-13-8-5-10/h2-8H2,1H3. The number of carbonyl (C=O) groups is 1. The number of hydrogen-bond acceptors (Lipinski definition) is 3. The van der Waals surface area contributed by atoms with Crippen LogP contribution in [0.25, 0.3) is 0 Å². The van der Waals surface area contributed by atoms with Crippen LogP contribution in [0, 0.1) is 0 Å². The van der Waals surface area contributed by atoms with E-state index in [0.29, 0.717) is 26.2 Å². The third-order valence-electron chi connectivity index (χ3n) is 2.10. The summed E-state index contributed by atoms with van der Waals surface area (Å²) in [5.41, 5.74) is 0. The van der Waals surface area contributed by atoms with Gasteiger partial charge in [0.2, 0.25) is 5.91 Å². The van der Waals surface area contributed by atoms with Crippen molar-refractivity contribution in [1.82, 2.24) is 4.90 Å². The summed E-state index contributed by atoms with van der Waals surface area (Å²) < 4.78 is 10.0. The molecule has 1 amide bonds. The van der Waals surface area contributed by atoms with E-state index in [1.807, 2.05) is 4.90 Å². The van der Waals surface area contributed by atoms with E-state index in [0.717, 1.165) is 19.5 Å². The van der Waals surface area contributed by atoms with Crippen LogP contribution in [0.5, 0.6) is 0 Å². The summed E-state index contributed by atoms with van der Waals surface area (Å²) in [7, 11) is 1.65. The first-order valence-electron chi connectivity index (χ1n) is 4.69. The third-order valence-corrected chi connectivity index (χ3v) is 2.10. The average Bonchev–Trinajstić information content (AvgIpc) is 2.19. The van der Waals surface area contributed by atoms with Crippen LogP contribution in [0.4, 0.5) is 0 Å². The highest BCUT2D eigenvalue weighted by atomic mass is 16.5. The molecule has 0 aromatic carbocycles. The number of hydrogen-bond donors (Lipinski definition) is 0. The monoisotopic (exact) mass is 187 g/mol. The summed E-state index contributed by atoms with van der Waals surface area (Å²) in [4.78, 5) is 13.3. The van der Waals surface area contributed by atoms with E-state index in [-0.39, 0.29) is 5.91 Å². The van der Waals surface area contributed by atoms with Crippen molar-refractivity contribution in [1.29, 1.82) is 0 Å². The normalized spacial score (nSPS) is 17.5. The molecule has 0 radical (unpaired) electrons. The van der Waals surface area contributed by atoms with Gasteiger partial charge < -0.3 is 14.4 Å². The van der Waals surface area contributed by atoms with Crippen LogP contribution in [0.1, 0.15) is 12.8 Å². The number of morpholine rings is 1. The number of nitrogens with zero attached hydrogens (tertiary/aromatic N) is 1. The Bertz CT molecular complexity index is 155. The molecule has 0 aromatic rings. The maximum atomic E-state index is 11.5. The lowest BCUT2D eigenvalue weighted by atomic mass is 10.2. The fourth-order valence-electron chi connectivity index (χ4n) is 1.34. The molecular weight excluding hydrogens is 170 g/mol. The molecule has 0 bridgehead atoms. The second-order valence-corrected chi connectivity index (χ2v) is 3.09. The number of ether oxygens (including phenoxy) is 2. The van der Waals surface area contributed by atoms with Crippen LogP contribution in [0.2, 0.25) is 0 Å². The summed E-state index contributed by atoms with van der Waals surface area (Å²) >= 11 is 0. The molecule has 13 heavy (non-hydrogen) atoms. The molecule has 1 rings (SSSR count). The Morgan fingerprint density at radius 3 is 2.77 bits per heavy atom. The highest BCUT2D eigenvalue weighted by Gasteiger charge is 2.15. The Morgan fingerprint density at radius 2 is 2.15 bits per heavy atom. The lowest BCUT2D eigenvalue weighted by Crippen LogP contribution is -2.40. The Labute approximate surface area is 78.8 Å². The second kappa shape index (κ2) is 5.94. The molecule has 76 valence electrons. The molecule has 4 heteroatoms. The molecule has 0 unspecified atom stereocenters. The van der Waals surface area contributed by atoms with Gasteiger partial charge in [0.1, 0.15) is 0 Å². The molecule has 0 saturated carbocycles. The maximum Gasteiger partial charge on any atom is 0.222 e. The first kappa shape index (κ1) is 10.5. The van der Waals surface area contributed by atoms with Gasteiger partial charge in [0.15, 0.2) is 0 Å².